The summed E-state index contributed by atoms with van der Waals surface area (Å²) in [5, 5.41) is 13.6. The number of unbranched alkanes of at least 4 members (excludes halogenated alkanes) is 5. The number of carbonyl (C=O) groups is 1. The fourth-order valence-electron chi connectivity index (χ4n) is 4.11. The molecule has 31 heavy (non-hydrogen) atoms. The van der Waals surface area contributed by atoms with Crippen molar-refractivity contribution in [2.24, 2.45) is 0 Å². The molecule has 5 nitrogen and oxygen atoms in total. The van der Waals surface area contributed by atoms with Crippen LogP contribution in [0.25, 0.3) is 11.4 Å². The molecule has 0 aliphatic heterocycles. The second-order valence-corrected chi connectivity index (χ2v) is 9.80. The van der Waals surface area contributed by atoms with Crippen LogP contribution in [0.1, 0.15) is 77.6 Å². The van der Waals surface area contributed by atoms with Gasteiger partial charge in [0.1, 0.15) is 0 Å². The molecule has 1 fully saturated rings. The number of rotatable bonds is 12. The number of nitrogens with zero attached hydrogens (tertiary/aromatic N) is 3. The molecule has 1 heterocycles. The topological polar surface area (TPSA) is 59.8 Å². The minimum absolute atomic E-state index is 0.0964. The van der Waals surface area contributed by atoms with Crippen molar-refractivity contribution in [2.75, 3.05) is 5.75 Å². The average molecular weight is 463 g/mol. The Hall–Kier alpha value is -1.53. The van der Waals surface area contributed by atoms with Crippen molar-refractivity contribution in [2.45, 2.75) is 95.3 Å². The molecule has 1 aliphatic rings. The van der Waals surface area contributed by atoms with Gasteiger partial charge in [0, 0.05) is 23.2 Å². The van der Waals surface area contributed by atoms with E-state index in [1.165, 1.54) is 63.1 Å². The van der Waals surface area contributed by atoms with Gasteiger partial charge in [0.25, 0.3) is 0 Å². The van der Waals surface area contributed by atoms with Gasteiger partial charge in [-0.15, -0.1) is 10.2 Å². The smallest absolute Gasteiger partial charge is 0.230 e. The van der Waals surface area contributed by atoms with E-state index in [0.29, 0.717) is 16.8 Å². The van der Waals surface area contributed by atoms with E-state index in [4.69, 9.17) is 11.6 Å². The Bertz CT molecular complexity index is 802. The third-order valence-corrected chi connectivity index (χ3v) is 7.08. The summed E-state index contributed by atoms with van der Waals surface area (Å²) in [6.45, 7) is 3.10. The summed E-state index contributed by atoms with van der Waals surface area (Å²) in [5.41, 5.74) is 1.00. The Morgan fingerprint density at radius 3 is 2.52 bits per heavy atom. The van der Waals surface area contributed by atoms with Gasteiger partial charge >= 0.3 is 0 Å². The summed E-state index contributed by atoms with van der Waals surface area (Å²) in [6, 6.07) is 8.06. The molecule has 3 rings (SSSR count). The quantitative estimate of drug-likeness (QED) is 0.289. The lowest BCUT2D eigenvalue weighted by atomic mass is 9.95. The average Bonchev–Trinajstić information content (AvgIpc) is 3.18. The Balaban J connectivity index is 1.62. The van der Waals surface area contributed by atoms with Crippen LogP contribution in [-0.4, -0.2) is 32.5 Å². The minimum atomic E-state index is 0.0964. The van der Waals surface area contributed by atoms with Crippen LogP contribution in [0.5, 0.6) is 0 Å². The monoisotopic (exact) mass is 462 g/mol. The fourth-order valence-corrected chi connectivity index (χ4v) is 5.01. The number of aromatic nitrogens is 3. The van der Waals surface area contributed by atoms with E-state index in [0.717, 1.165) is 42.4 Å². The lowest BCUT2D eigenvalue weighted by Crippen LogP contribution is -2.37. The lowest BCUT2D eigenvalue weighted by Gasteiger charge is -2.22. The van der Waals surface area contributed by atoms with Crippen LogP contribution < -0.4 is 5.32 Å². The van der Waals surface area contributed by atoms with Crippen LogP contribution in [0.3, 0.4) is 0 Å². The van der Waals surface area contributed by atoms with E-state index in [-0.39, 0.29) is 5.91 Å². The van der Waals surface area contributed by atoms with E-state index in [9.17, 15) is 4.79 Å². The standard InChI is InChI=1S/C24H35ClN4OS/c1-2-3-4-5-6-10-17-29-23(19-13-15-20(25)16-14-19)27-28-24(29)31-18-22(30)26-21-11-8-7-9-12-21/h13-16,21H,2-12,17-18H2,1H3,(H,26,30). The number of hydrogen-bond donors (Lipinski definition) is 1. The molecule has 1 N–H and O–H groups in total. The third kappa shape index (κ3) is 7.83. The first kappa shape index (κ1) is 24.1. The van der Waals surface area contributed by atoms with E-state index in [2.05, 4.69) is 27.0 Å². The van der Waals surface area contributed by atoms with E-state index < -0.39 is 0 Å². The number of thioether (sulfide) groups is 1. The highest BCUT2D eigenvalue weighted by Crippen LogP contribution is 2.26. The van der Waals surface area contributed by atoms with Crippen LogP contribution in [0, 0.1) is 0 Å². The number of hydrogen-bond acceptors (Lipinski definition) is 4. The molecule has 2 aromatic rings. The molecule has 0 radical (unpaired) electrons. The largest absolute Gasteiger partial charge is 0.353 e. The Kier molecular flexibility index (Phi) is 10.2. The molecule has 170 valence electrons. The van der Waals surface area contributed by atoms with E-state index in [1.54, 1.807) is 0 Å². The second kappa shape index (κ2) is 13.1. The predicted octanol–water partition coefficient (Wildman–Crippen LogP) is 6.50. The molecule has 1 amide bonds. The SMILES string of the molecule is CCCCCCCCn1c(SCC(=O)NC2CCCCC2)nnc1-c1ccc(Cl)cc1. The first-order chi connectivity index (χ1) is 15.2. The summed E-state index contributed by atoms with van der Waals surface area (Å²) in [6.07, 6.45) is 13.3. The van der Waals surface area contributed by atoms with Crippen molar-refractivity contribution in [3.05, 3.63) is 29.3 Å². The molecule has 0 spiro atoms. The summed E-state index contributed by atoms with van der Waals surface area (Å²) >= 11 is 7.55. The van der Waals surface area contributed by atoms with Gasteiger partial charge in [0.2, 0.25) is 5.91 Å². The molecule has 0 atom stereocenters. The van der Waals surface area contributed by atoms with Crippen molar-refractivity contribution >= 4 is 29.3 Å². The number of nitrogens with one attached hydrogen (secondary N) is 1. The number of halogens is 1. The van der Waals surface area contributed by atoms with Crippen molar-refractivity contribution < 1.29 is 4.79 Å². The van der Waals surface area contributed by atoms with Crippen molar-refractivity contribution in [1.82, 2.24) is 20.1 Å². The first-order valence-electron chi connectivity index (χ1n) is 11.8. The minimum Gasteiger partial charge on any atom is -0.353 e. The van der Waals surface area contributed by atoms with Crippen LogP contribution in [-0.2, 0) is 11.3 Å². The maximum Gasteiger partial charge on any atom is 0.230 e. The fraction of sp³-hybridized carbons (Fsp3) is 0.625. The van der Waals surface area contributed by atoms with E-state index >= 15 is 0 Å². The molecule has 0 saturated heterocycles. The molecule has 1 aromatic carbocycles. The second-order valence-electron chi connectivity index (χ2n) is 8.42. The highest BCUT2D eigenvalue weighted by Gasteiger charge is 2.18. The first-order valence-corrected chi connectivity index (χ1v) is 13.1. The zero-order chi connectivity index (χ0) is 21.9. The van der Waals surface area contributed by atoms with Gasteiger partial charge in [-0.2, -0.15) is 0 Å². The van der Waals surface area contributed by atoms with Crippen LogP contribution in [0.15, 0.2) is 29.4 Å². The number of amides is 1. The van der Waals surface area contributed by atoms with Crippen LogP contribution in [0.2, 0.25) is 5.02 Å². The highest BCUT2D eigenvalue weighted by molar-refractivity contribution is 7.99. The summed E-state index contributed by atoms with van der Waals surface area (Å²) in [5.74, 6) is 1.32. The number of carbonyl (C=O) groups excluding carboxylic acids is 1. The predicted molar refractivity (Wildman–Crippen MR) is 130 cm³/mol. The summed E-state index contributed by atoms with van der Waals surface area (Å²) in [4.78, 5) is 12.5. The highest BCUT2D eigenvalue weighted by atomic mass is 35.5. The van der Waals surface area contributed by atoms with Crippen molar-refractivity contribution in [3.8, 4) is 11.4 Å². The van der Waals surface area contributed by atoms with E-state index in [1.807, 2.05) is 24.3 Å². The van der Waals surface area contributed by atoms with Crippen LogP contribution in [0.4, 0.5) is 0 Å². The molecule has 0 unspecified atom stereocenters. The van der Waals surface area contributed by atoms with Crippen molar-refractivity contribution in [1.29, 1.82) is 0 Å². The molecule has 0 bridgehead atoms. The van der Waals surface area contributed by atoms with Gasteiger partial charge in [-0.3, -0.25) is 4.79 Å². The third-order valence-electron chi connectivity index (χ3n) is 5.86. The maximum absolute atomic E-state index is 12.5. The molecular formula is C24H35ClN4OS. The summed E-state index contributed by atoms with van der Waals surface area (Å²) in [7, 11) is 0. The normalized spacial score (nSPS) is 14.6. The van der Waals surface area contributed by atoms with Gasteiger partial charge in [0.15, 0.2) is 11.0 Å². The van der Waals surface area contributed by atoms with Gasteiger partial charge in [-0.25, -0.2) is 0 Å². The number of benzene rings is 1. The zero-order valence-corrected chi connectivity index (χ0v) is 20.2. The molecular weight excluding hydrogens is 428 g/mol. The molecule has 1 aliphatic carbocycles. The van der Waals surface area contributed by atoms with Gasteiger partial charge in [-0.05, 0) is 43.5 Å². The van der Waals surface area contributed by atoms with Crippen molar-refractivity contribution in [3.63, 3.8) is 0 Å². The molecule has 1 aromatic heterocycles. The van der Waals surface area contributed by atoms with Gasteiger partial charge < -0.3 is 9.88 Å². The Morgan fingerprint density at radius 1 is 1.06 bits per heavy atom. The molecule has 7 heteroatoms. The Labute approximate surface area is 195 Å². The van der Waals surface area contributed by atoms with Gasteiger partial charge in [-0.1, -0.05) is 81.7 Å². The van der Waals surface area contributed by atoms with Gasteiger partial charge in [0.05, 0.1) is 5.75 Å². The molecule has 1 saturated carbocycles. The van der Waals surface area contributed by atoms with Crippen LogP contribution >= 0.6 is 23.4 Å². The summed E-state index contributed by atoms with van der Waals surface area (Å²) < 4.78 is 2.17. The Morgan fingerprint density at radius 2 is 1.77 bits per heavy atom. The zero-order valence-electron chi connectivity index (χ0n) is 18.6. The maximum atomic E-state index is 12.5. The lowest BCUT2D eigenvalue weighted by molar-refractivity contribution is -0.119.